The van der Waals surface area contributed by atoms with Gasteiger partial charge in [0.15, 0.2) is 0 Å². The van der Waals surface area contributed by atoms with Gasteiger partial charge in [0.05, 0.1) is 22.8 Å². The third kappa shape index (κ3) is 6.37. The fourth-order valence-electron chi connectivity index (χ4n) is 3.05. The summed E-state index contributed by atoms with van der Waals surface area (Å²) in [6.45, 7) is 9.51. The summed E-state index contributed by atoms with van der Waals surface area (Å²) in [5, 5.41) is 0. The van der Waals surface area contributed by atoms with Crippen LogP contribution in [0, 0.1) is 5.92 Å². The van der Waals surface area contributed by atoms with Gasteiger partial charge >= 0.3 is 0 Å². The zero-order valence-electron chi connectivity index (χ0n) is 18.8. The highest BCUT2D eigenvalue weighted by Gasteiger charge is 2.19. The molecule has 1 atom stereocenters. The fraction of sp³-hybridized carbons (Fsp3) is 0.400. The van der Waals surface area contributed by atoms with E-state index in [1.807, 2.05) is 24.3 Å². The van der Waals surface area contributed by atoms with Gasteiger partial charge in [-0.2, -0.15) is 0 Å². The molecule has 166 valence electrons. The molecule has 3 nitrogen and oxygen atoms in total. The van der Waals surface area contributed by atoms with Crippen LogP contribution in [0.3, 0.4) is 0 Å². The molecule has 6 heteroatoms. The van der Waals surface area contributed by atoms with Crippen LogP contribution in [-0.4, -0.2) is 13.7 Å². The summed E-state index contributed by atoms with van der Waals surface area (Å²) >= 11 is 4.25. The first kappa shape index (κ1) is 23.9. The van der Waals surface area contributed by atoms with Gasteiger partial charge in [-0.15, -0.1) is 0 Å². The van der Waals surface area contributed by atoms with Gasteiger partial charge in [-0.25, -0.2) is 0 Å². The molecule has 0 aliphatic heterocycles. The van der Waals surface area contributed by atoms with E-state index in [1.54, 1.807) is 18.9 Å². The Hall–Kier alpha value is -1.76. The molecule has 3 rings (SSSR count). The maximum absolute atomic E-state index is 12.4. The maximum atomic E-state index is 12.4. The largest absolute Gasteiger partial charge is 0.497 e. The summed E-state index contributed by atoms with van der Waals surface area (Å²) in [5.74, 6) is 2.72. The Kier molecular flexibility index (Phi) is 8.64. The lowest BCUT2D eigenvalue weighted by molar-refractivity contribution is 0.290. The number of rotatable bonds is 10. The number of benzene rings is 2. The van der Waals surface area contributed by atoms with Crippen molar-refractivity contribution in [2.45, 2.75) is 55.6 Å². The minimum Gasteiger partial charge on any atom is -0.497 e. The van der Waals surface area contributed by atoms with Crippen molar-refractivity contribution in [1.82, 2.24) is 0 Å². The maximum Gasteiger partial charge on any atom is 0.289 e. The number of hydrogen-bond donors (Lipinski definition) is 0. The SMILES string of the molecule is CCC(C)c1ccc(OCCC(C)C)c(-c2sc(=O)sc2Sc2ccc(OC)cc2)c1. The van der Waals surface area contributed by atoms with Crippen LogP contribution in [0.4, 0.5) is 0 Å². The number of ether oxygens (including phenoxy) is 2. The Bertz CT molecular complexity index is 1030. The molecule has 1 unspecified atom stereocenters. The fourth-order valence-corrected chi connectivity index (χ4v) is 6.62. The van der Waals surface area contributed by atoms with Crippen molar-refractivity contribution in [3.05, 3.63) is 56.9 Å². The van der Waals surface area contributed by atoms with E-state index in [9.17, 15) is 4.79 Å². The van der Waals surface area contributed by atoms with Crippen molar-refractivity contribution in [1.29, 1.82) is 0 Å². The standard InChI is InChI=1S/C25H30O3S3/c1-6-17(4)18-7-12-22(28-14-13-16(2)3)21(15-18)23-24(31-25(26)30-23)29-20-10-8-19(27-5)9-11-20/h7-12,15-17H,6,13-14H2,1-5H3. The Morgan fingerprint density at radius 1 is 1.03 bits per heavy atom. The average Bonchev–Trinajstić information content (AvgIpc) is 3.13. The van der Waals surface area contributed by atoms with Crippen molar-refractivity contribution in [3.63, 3.8) is 0 Å². The molecule has 0 N–H and O–H groups in total. The Morgan fingerprint density at radius 3 is 2.42 bits per heavy atom. The molecule has 0 saturated carbocycles. The van der Waals surface area contributed by atoms with Crippen LogP contribution in [0.15, 0.2) is 56.4 Å². The third-order valence-electron chi connectivity index (χ3n) is 5.20. The van der Waals surface area contributed by atoms with Crippen molar-refractivity contribution in [2.75, 3.05) is 13.7 Å². The molecule has 0 aliphatic carbocycles. The predicted octanol–water partition coefficient (Wildman–Crippen LogP) is 7.94. The van der Waals surface area contributed by atoms with Gasteiger partial charge in [0.25, 0.3) is 4.06 Å². The first-order valence-electron chi connectivity index (χ1n) is 10.6. The summed E-state index contributed by atoms with van der Waals surface area (Å²) in [7, 11) is 1.66. The zero-order chi connectivity index (χ0) is 22.4. The highest BCUT2D eigenvalue weighted by Crippen LogP contribution is 2.45. The van der Waals surface area contributed by atoms with Crippen LogP contribution in [0.5, 0.6) is 11.5 Å². The predicted molar refractivity (Wildman–Crippen MR) is 135 cm³/mol. The van der Waals surface area contributed by atoms with Crippen LogP contribution in [0.25, 0.3) is 10.4 Å². The molecular formula is C25H30O3S3. The molecule has 31 heavy (non-hydrogen) atoms. The van der Waals surface area contributed by atoms with Crippen molar-refractivity contribution < 1.29 is 9.47 Å². The quantitative estimate of drug-likeness (QED) is 0.299. The molecular weight excluding hydrogens is 444 g/mol. The van der Waals surface area contributed by atoms with Crippen molar-refractivity contribution >= 4 is 34.4 Å². The van der Waals surface area contributed by atoms with E-state index in [0.717, 1.165) is 43.9 Å². The second kappa shape index (κ2) is 11.2. The molecule has 0 radical (unpaired) electrons. The minimum absolute atomic E-state index is 0.105. The smallest absolute Gasteiger partial charge is 0.289 e. The van der Waals surface area contributed by atoms with E-state index in [-0.39, 0.29) is 4.06 Å². The topological polar surface area (TPSA) is 35.5 Å². The minimum atomic E-state index is 0.105. The van der Waals surface area contributed by atoms with Gasteiger partial charge in [0, 0.05) is 10.5 Å². The van der Waals surface area contributed by atoms with Crippen LogP contribution >= 0.6 is 34.4 Å². The summed E-state index contributed by atoms with van der Waals surface area (Å²) in [5.41, 5.74) is 2.31. The molecule has 0 aliphatic rings. The van der Waals surface area contributed by atoms with Crippen molar-refractivity contribution in [3.8, 4) is 21.9 Å². The Morgan fingerprint density at radius 2 is 1.77 bits per heavy atom. The summed E-state index contributed by atoms with van der Waals surface area (Å²) < 4.78 is 12.6. The van der Waals surface area contributed by atoms with Gasteiger partial charge in [-0.3, -0.25) is 4.79 Å². The van der Waals surface area contributed by atoms with Crippen LogP contribution in [0.1, 0.15) is 52.0 Å². The molecule has 0 amide bonds. The second-order valence-corrected chi connectivity index (χ2v) is 11.5. The van der Waals surface area contributed by atoms with E-state index in [1.165, 1.54) is 28.2 Å². The Labute approximate surface area is 197 Å². The molecule has 1 aromatic heterocycles. The average molecular weight is 475 g/mol. The molecule has 1 heterocycles. The third-order valence-corrected chi connectivity index (χ3v) is 8.71. The molecule has 3 aromatic rings. The van der Waals surface area contributed by atoms with Gasteiger partial charge < -0.3 is 9.47 Å². The summed E-state index contributed by atoms with van der Waals surface area (Å²) in [6, 6.07) is 14.4. The van der Waals surface area contributed by atoms with Gasteiger partial charge in [-0.1, -0.05) is 68.2 Å². The monoisotopic (exact) mass is 474 g/mol. The molecule has 0 bridgehead atoms. The molecule has 0 saturated heterocycles. The molecule has 0 spiro atoms. The van der Waals surface area contributed by atoms with Crippen molar-refractivity contribution in [2.24, 2.45) is 5.92 Å². The molecule has 0 fully saturated rings. The Balaban J connectivity index is 1.99. The van der Waals surface area contributed by atoms with Gasteiger partial charge in [-0.05, 0) is 66.6 Å². The zero-order valence-corrected chi connectivity index (χ0v) is 21.2. The van der Waals surface area contributed by atoms with E-state index >= 15 is 0 Å². The summed E-state index contributed by atoms with van der Waals surface area (Å²) in [4.78, 5) is 14.5. The van der Waals surface area contributed by atoms with E-state index in [2.05, 4.69) is 45.9 Å². The van der Waals surface area contributed by atoms with Gasteiger partial charge in [0.2, 0.25) is 0 Å². The van der Waals surface area contributed by atoms with Crippen LogP contribution in [0.2, 0.25) is 0 Å². The normalized spacial score (nSPS) is 12.2. The second-order valence-electron chi connectivity index (χ2n) is 7.94. The van der Waals surface area contributed by atoms with Crippen LogP contribution in [-0.2, 0) is 0 Å². The number of methoxy groups -OCH3 is 1. The lowest BCUT2D eigenvalue weighted by atomic mass is 9.96. The van der Waals surface area contributed by atoms with E-state index in [0.29, 0.717) is 18.4 Å². The first-order chi connectivity index (χ1) is 14.9. The van der Waals surface area contributed by atoms with E-state index in [4.69, 9.17) is 9.47 Å². The lowest BCUT2D eigenvalue weighted by Gasteiger charge is -2.16. The summed E-state index contributed by atoms with van der Waals surface area (Å²) in [6.07, 6.45) is 2.07. The molecule has 2 aromatic carbocycles. The lowest BCUT2D eigenvalue weighted by Crippen LogP contribution is -2.03. The van der Waals surface area contributed by atoms with E-state index < -0.39 is 0 Å². The highest BCUT2D eigenvalue weighted by atomic mass is 32.2. The van der Waals surface area contributed by atoms with Crippen LogP contribution < -0.4 is 13.5 Å². The number of hydrogen-bond acceptors (Lipinski definition) is 6. The van der Waals surface area contributed by atoms with Gasteiger partial charge in [0.1, 0.15) is 11.5 Å². The first-order valence-corrected chi connectivity index (χ1v) is 13.1. The highest BCUT2D eigenvalue weighted by molar-refractivity contribution is 8.01.